The minimum absolute atomic E-state index is 0.0765. The predicted octanol–water partition coefficient (Wildman–Crippen LogP) is 3.71. The predicted molar refractivity (Wildman–Crippen MR) is 96.9 cm³/mol. The highest BCUT2D eigenvalue weighted by atomic mass is 32.2. The summed E-state index contributed by atoms with van der Waals surface area (Å²) in [5, 5.41) is 20.4. The van der Waals surface area contributed by atoms with Crippen LogP contribution in [0.2, 0.25) is 0 Å². The Bertz CT molecular complexity index is 878. The zero-order chi connectivity index (χ0) is 17.3. The number of carbonyl (C=O) groups excluding carboxylic acids is 1. The molecule has 1 heterocycles. The largest absolute Gasteiger partial charge is 0.508 e. The summed E-state index contributed by atoms with van der Waals surface area (Å²) in [5.41, 5.74) is 0.794. The number of nitrogens with zero attached hydrogens (tertiary/aromatic N) is 2. The minimum atomic E-state index is -0.494. The lowest BCUT2D eigenvalue weighted by Gasteiger charge is -2.14. The Kier molecular flexibility index (Phi) is 4.32. The van der Waals surface area contributed by atoms with Gasteiger partial charge in [-0.15, -0.1) is 0 Å². The molecule has 120 valence electrons. The summed E-state index contributed by atoms with van der Waals surface area (Å²) in [7, 11) is 0. The molecule has 1 fully saturated rings. The van der Waals surface area contributed by atoms with Crippen molar-refractivity contribution in [2.45, 2.75) is 0 Å². The van der Waals surface area contributed by atoms with E-state index in [2.05, 4.69) is 0 Å². The van der Waals surface area contributed by atoms with Crippen LogP contribution in [0.1, 0.15) is 5.56 Å². The van der Waals surface area contributed by atoms with Crippen LogP contribution in [0.25, 0.3) is 6.08 Å². The molecule has 2 aromatic carbocycles. The van der Waals surface area contributed by atoms with E-state index in [1.807, 2.05) is 0 Å². The Balaban J connectivity index is 1.97. The van der Waals surface area contributed by atoms with Gasteiger partial charge in [-0.2, -0.15) is 0 Å². The molecule has 0 aliphatic carbocycles. The van der Waals surface area contributed by atoms with Gasteiger partial charge in [0, 0.05) is 6.07 Å². The van der Waals surface area contributed by atoms with Crippen LogP contribution in [0.4, 0.5) is 11.4 Å². The van der Waals surface area contributed by atoms with E-state index in [1.165, 1.54) is 29.2 Å². The van der Waals surface area contributed by atoms with Crippen LogP contribution < -0.4 is 4.90 Å². The zero-order valence-electron chi connectivity index (χ0n) is 12.1. The molecule has 0 saturated carbocycles. The molecule has 1 N–H and O–H groups in total. The van der Waals surface area contributed by atoms with E-state index in [0.29, 0.717) is 20.5 Å². The Labute approximate surface area is 146 Å². The SMILES string of the molecule is O=C1/C(=C\c2ccccc2[N+](=O)[O-])SC(=S)N1c1ccc(O)cc1. The van der Waals surface area contributed by atoms with Crippen LogP contribution >= 0.6 is 24.0 Å². The number of phenols is 1. The third-order valence-electron chi connectivity index (χ3n) is 3.32. The molecule has 0 unspecified atom stereocenters. The second-order valence-electron chi connectivity index (χ2n) is 4.85. The lowest BCUT2D eigenvalue weighted by Crippen LogP contribution is -2.27. The molecule has 24 heavy (non-hydrogen) atoms. The fourth-order valence-electron chi connectivity index (χ4n) is 2.21. The molecule has 0 bridgehead atoms. The molecule has 0 radical (unpaired) electrons. The molecule has 0 spiro atoms. The summed E-state index contributed by atoms with van der Waals surface area (Å²) in [4.78, 5) is 24.8. The average molecular weight is 358 g/mol. The molecule has 0 atom stereocenters. The summed E-state index contributed by atoms with van der Waals surface area (Å²) >= 11 is 6.32. The monoisotopic (exact) mass is 358 g/mol. The molecule has 1 aliphatic rings. The van der Waals surface area contributed by atoms with Gasteiger partial charge < -0.3 is 5.11 Å². The van der Waals surface area contributed by atoms with Crippen molar-refractivity contribution in [2.24, 2.45) is 0 Å². The van der Waals surface area contributed by atoms with Gasteiger partial charge in [-0.1, -0.05) is 36.1 Å². The molecule has 8 heteroatoms. The first-order valence-electron chi connectivity index (χ1n) is 6.78. The van der Waals surface area contributed by atoms with E-state index in [-0.39, 0.29) is 17.3 Å². The number of para-hydroxylation sites is 1. The van der Waals surface area contributed by atoms with E-state index in [4.69, 9.17) is 12.2 Å². The van der Waals surface area contributed by atoms with Crippen LogP contribution in [0.5, 0.6) is 5.75 Å². The number of carbonyl (C=O) groups is 1. The standard InChI is InChI=1S/C16H10N2O4S2/c19-12-7-5-11(6-8-12)17-15(20)14(24-16(17)23)9-10-3-1-2-4-13(10)18(21)22/h1-9,19H/b14-9+. The maximum absolute atomic E-state index is 12.6. The van der Waals surface area contributed by atoms with Gasteiger partial charge in [-0.05, 0) is 36.4 Å². The summed E-state index contributed by atoms with van der Waals surface area (Å²) in [6.45, 7) is 0. The van der Waals surface area contributed by atoms with Gasteiger partial charge in [0.25, 0.3) is 11.6 Å². The highest BCUT2D eigenvalue weighted by Gasteiger charge is 2.33. The van der Waals surface area contributed by atoms with Crippen LogP contribution in [0.15, 0.2) is 53.4 Å². The Morgan fingerprint density at radius 2 is 1.83 bits per heavy atom. The number of anilines is 1. The Morgan fingerprint density at radius 3 is 2.50 bits per heavy atom. The highest BCUT2D eigenvalue weighted by Crippen LogP contribution is 2.37. The number of nitro benzene ring substituents is 1. The van der Waals surface area contributed by atoms with Gasteiger partial charge in [0.15, 0.2) is 4.32 Å². The maximum Gasteiger partial charge on any atom is 0.276 e. The van der Waals surface area contributed by atoms with Crippen molar-refractivity contribution in [1.29, 1.82) is 0 Å². The van der Waals surface area contributed by atoms with Crippen LogP contribution in [-0.2, 0) is 4.79 Å². The van der Waals surface area contributed by atoms with Crippen molar-refractivity contribution >= 4 is 51.7 Å². The van der Waals surface area contributed by atoms with Crippen LogP contribution in [0.3, 0.4) is 0 Å². The third-order valence-corrected chi connectivity index (χ3v) is 4.62. The number of rotatable bonds is 3. The van der Waals surface area contributed by atoms with Crippen molar-refractivity contribution in [2.75, 3.05) is 4.90 Å². The van der Waals surface area contributed by atoms with Gasteiger partial charge in [0.2, 0.25) is 0 Å². The van der Waals surface area contributed by atoms with Gasteiger partial charge in [-0.25, -0.2) is 0 Å². The number of aromatic hydroxyl groups is 1. The summed E-state index contributed by atoms with van der Waals surface area (Å²) in [6, 6.07) is 12.3. The topological polar surface area (TPSA) is 83.7 Å². The Morgan fingerprint density at radius 1 is 1.17 bits per heavy atom. The summed E-state index contributed by atoms with van der Waals surface area (Å²) < 4.78 is 0.329. The van der Waals surface area contributed by atoms with E-state index < -0.39 is 4.92 Å². The Hall–Kier alpha value is -2.71. The van der Waals surface area contributed by atoms with Gasteiger partial charge in [0.1, 0.15) is 5.75 Å². The maximum atomic E-state index is 12.6. The number of amides is 1. The van der Waals surface area contributed by atoms with Crippen molar-refractivity contribution in [1.82, 2.24) is 0 Å². The first kappa shape index (κ1) is 16.2. The quantitative estimate of drug-likeness (QED) is 0.390. The molecule has 1 aliphatic heterocycles. The lowest BCUT2D eigenvalue weighted by molar-refractivity contribution is -0.385. The molecule has 6 nitrogen and oxygen atoms in total. The van der Waals surface area contributed by atoms with Crippen molar-refractivity contribution < 1.29 is 14.8 Å². The lowest BCUT2D eigenvalue weighted by atomic mass is 10.1. The number of thioether (sulfide) groups is 1. The highest BCUT2D eigenvalue weighted by molar-refractivity contribution is 8.27. The molecular weight excluding hydrogens is 348 g/mol. The fourth-order valence-corrected chi connectivity index (χ4v) is 3.50. The molecule has 1 saturated heterocycles. The summed E-state index contributed by atoms with van der Waals surface area (Å²) in [6.07, 6.45) is 1.47. The average Bonchev–Trinajstić information content (AvgIpc) is 2.83. The van der Waals surface area contributed by atoms with E-state index in [1.54, 1.807) is 30.3 Å². The molecular formula is C16H10N2O4S2. The van der Waals surface area contributed by atoms with E-state index >= 15 is 0 Å². The van der Waals surface area contributed by atoms with Crippen molar-refractivity contribution in [3.05, 3.63) is 69.1 Å². The molecule has 1 amide bonds. The van der Waals surface area contributed by atoms with E-state index in [0.717, 1.165) is 11.8 Å². The number of thiocarbonyl (C=S) groups is 1. The third kappa shape index (κ3) is 3.01. The van der Waals surface area contributed by atoms with Gasteiger partial charge in [0.05, 0.1) is 21.1 Å². The minimum Gasteiger partial charge on any atom is -0.508 e. The van der Waals surface area contributed by atoms with E-state index in [9.17, 15) is 20.0 Å². The molecule has 0 aromatic heterocycles. The normalized spacial score (nSPS) is 16.0. The fraction of sp³-hybridized carbons (Fsp3) is 0. The van der Waals surface area contributed by atoms with Gasteiger partial charge in [-0.3, -0.25) is 19.8 Å². The first-order chi connectivity index (χ1) is 11.5. The number of hydrogen-bond donors (Lipinski definition) is 1. The van der Waals surface area contributed by atoms with Crippen LogP contribution in [-0.4, -0.2) is 20.3 Å². The second kappa shape index (κ2) is 6.42. The summed E-state index contributed by atoms with van der Waals surface area (Å²) in [5.74, 6) is -0.270. The van der Waals surface area contributed by atoms with Crippen molar-refractivity contribution in [3.63, 3.8) is 0 Å². The van der Waals surface area contributed by atoms with Gasteiger partial charge >= 0.3 is 0 Å². The molecule has 3 rings (SSSR count). The number of phenolic OH excluding ortho intramolecular Hbond substituents is 1. The smallest absolute Gasteiger partial charge is 0.276 e. The first-order valence-corrected chi connectivity index (χ1v) is 8.00. The van der Waals surface area contributed by atoms with Crippen molar-refractivity contribution in [3.8, 4) is 5.75 Å². The van der Waals surface area contributed by atoms with Crippen LogP contribution in [0, 0.1) is 10.1 Å². The molecule has 2 aromatic rings. The number of benzene rings is 2. The number of hydrogen-bond acceptors (Lipinski definition) is 6. The second-order valence-corrected chi connectivity index (χ2v) is 6.53. The zero-order valence-corrected chi connectivity index (χ0v) is 13.7. The number of nitro groups is 1.